The molecule has 0 aromatic heterocycles. The molecule has 0 aliphatic carbocycles. The Bertz CT molecular complexity index is 1010. The number of nitrogens with zero attached hydrogens (tertiary/aromatic N) is 3. The fourth-order valence-corrected chi connectivity index (χ4v) is 3.87. The molecule has 0 saturated carbocycles. The van der Waals surface area contributed by atoms with Gasteiger partial charge in [-0.1, -0.05) is 11.6 Å². The third-order valence-electron chi connectivity index (χ3n) is 5.19. The van der Waals surface area contributed by atoms with Crippen molar-refractivity contribution in [3.05, 3.63) is 58.6 Å². The van der Waals surface area contributed by atoms with Crippen LogP contribution in [-0.4, -0.2) is 50.2 Å². The number of rotatable bonds is 6. The number of carbonyl (C=O) groups excluding carboxylic acids is 1. The van der Waals surface area contributed by atoms with Gasteiger partial charge in [-0.2, -0.15) is 5.26 Å². The van der Waals surface area contributed by atoms with E-state index in [1.54, 1.807) is 25.3 Å². The van der Waals surface area contributed by atoms with Crippen molar-refractivity contribution in [2.75, 3.05) is 38.2 Å². The molecule has 7 heteroatoms. The van der Waals surface area contributed by atoms with E-state index < -0.39 is 0 Å². The van der Waals surface area contributed by atoms with Gasteiger partial charge in [0.1, 0.15) is 0 Å². The first kappa shape index (κ1) is 23.5. The van der Waals surface area contributed by atoms with Crippen molar-refractivity contribution in [1.29, 1.82) is 5.26 Å². The van der Waals surface area contributed by atoms with Gasteiger partial charge in [-0.05, 0) is 68.3 Å². The minimum atomic E-state index is -0.0377. The van der Waals surface area contributed by atoms with E-state index in [1.807, 2.05) is 49.1 Å². The first-order chi connectivity index (χ1) is 15.4. The highest BCUT2D eigenvalue weighted by Crippen LogP contribution is 2.37. The Kier molecular flexibility index (Phi) is 8.02. The summed E-state index contributed by atoms with van der Waals surface area (Å²) < 4.78 is 11.2. The van der Waals surface area contributed by atoms with E-state index in [1.165, 1.54) is 0 Å². The number of hydrogen-bond acceptors (Lipinski definition) is 5. The lowest BCUT2D eigenvalue weighted by Crippen LogP contribution is -2.34. The van der Waals surface area contributed by atoms with Crippen LogP contribution in [0.25, 0.3) is 6.08 Å². The van der Waals surface area contributed by atoms with Gasteiger partial charge in [-0.25, -0.2) is 0 Å². The second kappa shape index (κ2) is 10.9. The second-order valence-electron chi connectivity index (χ2n) is 7.86. The highest BCUT2D eigenvalue weighted by Gasteiger charge is 2.18. The van der Waals surface area contributed by atoms with Gasteiger partial charge in [0.2, 0.25) is 5.91 Å². The Morgan fingerprint density at radius 2 is 1.91 bits per heavy atom. The third kappa shape index (κ3) is 5.95. The molecule has 1 amide bonds. The van der Waals surface area contributed by atoms with Crippen molar-refractivity contribution < 1.29 is 14.3 Å². The molecule has 1 aliphatic heterocycles. The summed E-state index contributed by atoms with van der Waals surface area (Å²) >= 11 is 6.38. The zero-order valence-electron chi connectivity index (χ0n) is 18.7. The molecular formula is C25H28ClN3O3. The lowest BCUT2D eigenvalue weighted by molar-refractivity contribution is -0.125. The van der Waals surface area contributed by atoms with Gasteiger partial charge in [0.25, 0.3) is 0 Å². The van der Waals surface area contributed by atoms with Crippen LogP contribution in [0.5, 0.6) is 11.5 Å². The van der Waals surface area contributed by atoms with E-state index in [2.05, 4.69) is 11.0 Å². The smallest absolute Gasteiger partial charge is 0.246 e. The molecular weight excluding hydrogens is 426 g/mol. The Morgan fingerprint density at radius 1 is 1.16 bits per heavy atom. The summed E-state index contributed by atoms with van der Waals surface area (Å²) in [6.07, 6.45) is 4.17. The van der Waals surface area contributed by atoms with Crippen LogP contribution in [0.2, 0.25) is 5.02 Å². The summed E-state index contributed by atoms with van der Waals surface area (Å²) in [5, 5.41) is 9.41. The fourth-order valence-electron chi connectivity index (χ4n) is 3.60. The highest BCUT2D eigenvalue weighted by molar-refractivity contribution is 6.32. The van der Waals surface area contributed by atoms with Crippen molar-refractivity contribution in [3.63, 3.8) is 0 Å². The Labute approximate surface area is 194 Å². The van der Waals surface area contributed by atoms with Gasteiger partial charge in [0, 0.05) is 37.9 Å². The number of halogens is 1. The summed E-state index contributed by atoms with van der Waals surface area (Å²) in [6, 6.07) is 13.3. The molecule has 0 radical (unpaired) electrons. The number of benzene rings is 2. The molecule has 2 aromatic carbocycles. The maximum atomic E-state index is 12.8. The summed E-state index contributed by atoms with van der Waals surface area (Å²) in [5.74, 6) is 0.999. The summed E-state index contributed by atoms with van der Waals surface area (Å²) in [4.78, 5) is 16.9. The van der Waals surface area contributed by atoms with Gasteiger partial charge < -0.3 is 19.3 Å². The van der Waals surface area contributed by atoms with E-state index in [4.69, 9.17) is 26.3 Å². The third-order valence-corrected chi connectivity index (χ3v) is 5.47. The number of nitriles is 1. The monoisotopic (exact) mass is 453 g/mol. The molecule has 1 saturated heterocycles. The molecule has 0 spiro atoms. The highest BCUT2D eigenvalue weighted by atomic mass is 35.5. The lowest BCUT2D eigenvalue weighted by atomic mass is 10.1. The molecule has 0 atom stereocenters. The molecule has 0 N–H and O–H groups in total. The second-order valence-corrected chi connectivity index (χ2v) is 8.27. The number of carbonyl (C=O) groups is 1. The fraction of sp³-hybridized carbons (Fsp3) is 0.360. The van der Waals surface area contributed by atoms with Crippen molar-refractivity contribution in [2.45, 2.75) is 26.4 Å². The van der Waals surface area contributed by atoms with Gasteiger partial charge in [-0.3, -0.25) is 4.79 Å². The molecule has 6 nitrogen and oxygen atoms in total. The zero-order valence-corrected chi connectivity index (χ0v) is 19.4. The molecule has 1 heterocycles. The molecule has 0 bridgehead atoms. The van der Waals surface area contributed by atoms with Crippen molar-refractivity contribution >= 4 is 29.3 Å². The summed E-state index contributed by atoms with van der Waals surface area (Å²) in [7, 11) is 1.56. The summed E-state index contributed by atoms with van der Waals surface area (Å²) in [6.45, 7) is 6.78. The first-order valence-electron chi connectivity index (χ1n) is 10.7. The van der Waals surface area contributed by atoms with Crippen LogP contribution in [0.4, 0.5) is 5.69 Å². The minimum absolute atomic E-state index is 0.0312. The van der Waals surface area contributed by atoms with Gasteiger partial charge in [0.15, 0.2) is 11.5 Å². The average Bonchev–Trinajstić information content (AvgIpc) is 3.05. The van der Waals surface area contributed by atoms with Crippen LogP contribution in [0, 0.1) is 11.3 Å². The average molecular weight is 454 g/mol. The number of hydrogen-bond donors (Lipinski definition) is 0. The van der Waals surface area contributed by atoms with E-state index in [-0.39, 0.29) is 12.0 Å². The number of anilines is 1. The molecule has 168 valence electrons. The molecule has 1 fully saturated rings. The van der Waals surface area contributed by atoms with Crippen molar-refractivity contribution in [3.8, 4) is 17.6 Å². The largest absolute Gasteiger partial charge is 0.493 e. The normalized spacial score (nSPS) is 14.4. The zero-order chi connectivity index (χ0) is 23.1. The van der Waals surface area contributed by atoms with Crippen LogP contribution in [-0.2, 0) is 4.79 Å². The maximum Gasteiger partial charge on any atom is 0.246 e. The lowest BCUT2D eigenvalue weighted by Gasteiger charge is -2.23. The molecule has 1 aliphatic rings. The van der Waals surface area contributed by atoms with E-state index in [0.717, 1.165) is 30.8 Å². The van der Waals surface area contributed by atoms with E-state index in [0.29, 0.717) is 35.2 Å². The molecule has 2 aromatic rings. The van der Waals surface area contributed by atoms with Gasteiger partial charge >= 0.3 is 0 Å². The number of methoxy groups -OCH3 is 1. The predicted molar refractivity (Wildman–Crippen MR) is 127 cm³/mol. The maximum absolute atomic E-state index is 12.8. The van der Waals surface area contributed by atoms with Crippen LogP contribution in [0.1, 0.15) is 31.4 Å². The van der Waals surface area contributed by atoms with Gasteiger partial charge in [0.05, 0.1) is 29.9 Å². The SMILES string of the molecule is COc1cc(/C=C/C(=O)N2CCCN(c3ccc(C#N)cc3)CC2)cc(Cl)c1OC(C)C. The van der Waals surface area contributed by atoms with Crippen molar-refractivity contribution in [2.24, 2.45) is 0 Å². The van der Waals surface area contributed by atoms with Crippen LogP contribution in [0.3, 0.4) is 0 Å². The number of amides is 1. The van der Waals surface area contributed by atoms with Crippen LogP contribution >= 0.6 is 11.6 Å². The Hall–Kier alpha value is -3.17. The van der Waals surface area contributed by atoms with Crippen LogP contribution in [0.15, 0.2) is 42.5 Å². The Balaban J connectivity index is 1.65. The quantitative estimate of drug-likeness (QED) is 0.590. The van der Waals surface area contributed by atoms with E-state index in [9.17, 15) is 4.79 Å². The summed E-state index contributed by atoms with van der Waals surface area (Å²) in [5.41, 5.74) is 2.48. The molecule has 3 rings (SSSR count). The van der Waals surface area contributed by atoms with Gasteiger partial charge in [-0.15, -0.1) is 0 Å². The standard InChI is InChI=1S/C25H28ClN3O3/c1-18(2)32-25-22(26)15-20(16-23(25)31-3)7-10-24(30)29-12-4-11-28(13-14-29)21-8-5-19(17-27)6-9-21/h5-10,15-16,18H,4,11-14H2,1-3H3/b10-7+. The molecule has 0 unspecified atom stereocenters. The molecule has 32 heavy (non-hydrogen) atoms. The van der Waals surface area contributed by atoms with Crippen LogP contribution < -0.4 is 14.4 Å². The van der Waals surface area contributed by atoms with Crippen molar-refractivity contribution in [1.82, 2.24) is 4.90 Å². The number of ether oxygens (including phenoxy) is 2. The predicted octanol–water partition coefficient (Wildman–Crippen LogP) is 4.76. The minimum Gasteiger partial charge on any atom is -0.493 e. The topological polar surface area (TPSA) is 65.8 Å². The van der Waals surface area contributed by atoms with E-state index >= 15 is 0 Å². The Morgan fingerprint density at radius 3 is 2.56 bits per heavy atom. The first-order valence-corrected chi connectivity index (χ1v) is 11.1.